The summed E-state index contributed by atoms with van der Waals surface area (Å²) in [4.78, 5) is 8.51. The second kappa shape index (κ2) is 8.52. The Morgan fingerprint density at radius 3 is 2.71 bits per heavy atom. The first-order valence-electron chi connectivity index (χ1n) is 9.78. The van der Waals surface area contributed by atoms with E-state index in [0.717, 1.165) is 17.8 Å². The highest BCUT2D eigenvalue weighted by atomic mass is 19.4. The summed E-state index contributed by atoms with van der Waals surface area (Å²) in [6.07, 6.45) is -1.39. The van der Waals surface area contributed by atoms with Gasteiger partial charge in [-0.3, -0.25) is 0 Å². The highest BCUT2D eigenvalue weighted by molar-refractivity contribution is 5.82. The maximum Gasteiger partial charge on any atom is 0.416 e. The van der Waals surface area contributed by atoms with Crippen molar-refractivity contribution in [2.75, 3.05) is 38.7 Å². The van der Waals surface area contributed by atoms with Gasteiger partial charge in [0.15, 0.2) is 17.1 Å². The largest absolute Gasteiger partial charge is 0.481 e. The first-order chi connectivity index (χ1) is 15.0. The molecule has 6 nitrogen and oxygen atoms in total. The first kappa shape index (κ1) is 21.1. The monoisotopic (exact) mass is 431 g/mol. The van der Waals surface area contributed by atoms with Crippen molar-refractivity contribution in [2.45, 2.75) is 6.18 Å². The summed E-state index contributed by atoms with van der Waals surface area (Å²) in [5.41, 5.74) is 1.07. The van der Waals surface area contributed by atoms with E-state index in [1.54, 1.807) is 19.4 Å². The van der Waals surface area contributed by atoms with E-state index in [1.807, 2.05) is 24.3 Å². The summed E-state index contributed by atoms with van der Waals surface area (Å²) in [6, 6.07) is 13.0. The lowest BCUT2D eigenvalue weighted by molar-refractivity contribution is -0.137. The topological polar surface area (TPSA) is 56.3 Å². The van der Waals surface area contributed by atoms with Crippen molar-refractivity contribution in [3.05, 3.63) is 66.6 Å². The fraction of sp³-hybridized carbons (Fsp3) is 0.273. The summed E-state index contributed by atoms with van der Waals surface area (Å²) in [5, 5.41) is 3.12. The molecule has 1 atom stereocenters. The van der Waals surface area contributed by atoms with Gasteiger partial charge in [-0.05, 0) is 18.2 Å². The molecule has 0 saturated carbocycles. The molecule has 31 heavy (non-hydrogen) atoms. The second-order valence-corrected chi connectivity index (χ2v) is 7.07. The Bertz CT molecular complexity index is 1050. The predicted octanol–water partition coefficient (Wildman–Crippen LogP) is 4.92. The van der Waals surface area contributed by atoms with Crippen molar-refractivity contribution >= 4 is 22.9 Å². The minimum Gasteiger partial charge on any atom is -0.481 e. The molecular weight excluding hydrogens is 409 g/mol. The van der Waals surface area contributed by atoms with Gasteiger partial charge in [-0.2, -0.15) is 18.2 Å². The molecule has 0 bridgehead atoms. The van der Waals surface area contributed by atoms with Crippen molar-refractivity contribution in [1.29, 1.82) is 0 Å². The summed E-state index contributed by atoms with van der Waals surface area (Å²) in [5.74, 6) is 1.30. The lowest BCUT2D eigenvalue weighted by Gasteiger charge is -2.40. The number of hydrogen-bond acceptors (Lipinski definition) is 5. The van der Waals surface area contributed by atoms with E-state index >= 15 is 0 Å². The number of para-hydroxylation sites is 2. The van der Waals surface area contributed by atoms with Crippen LogP contribution in [0.4, 0.5) is 36.1 Å². The Morgan fingerprint density at radius 1 is 1.13 bits per heavy atom. The van der Waals surface area contributed by atoms with E-state index in [4.69, 9.17) is 9.47 Å². The van der Waals surface area contributed by atoms with Crippen LogP contribution < -0.4 is 14.5 Å². The van der Waals surface area contributed by atoms with Crippen LogP contribution in [0.5, 0.6) is 5.75 Å². The third-order valence-corrected chi connectivity index (χ3v) is 5.27. The summed E-state index contributed by atoms with van der Waals surface area (Å²) < 4.78 is 51.5. The normalized spacial score (nSPS) is 18.2. The number of nitrogens with one attached hydrogen (secondary N) is 1. The molecule has 9 heteroatoms. The van der Waals surface area contributed by atoms with Crippen molar-refractivity contribution in [3.63, 3.8) is 0 Å². The van der Waals surface area contributed by atoms with E-state index in [1.165, 1.54) is 12.4 Å². The summed E-state index contributed by atoms with van der Waals surface area (Å²) in [7, 11) is 1.54. The summed E-state index contributed by atoms with van der Waals surface area (Å²) >= 11 is 0. The molecule has 0 amide bonds. The van der Waals surface area contributed by atoms with E-state index in [0.29, 0.717) is 49.2 Å². The molecule has 2 aromatic carbocycles. The third kappa shape index (κ3) is 3.94. The number of hydrogen-bond donors (Lipinski definition) is 1. The van der Waals surface area contributed by atoms with E-state index in [2.05, 4.69) is 15.3 Å². The SMILES string of the molecule is COCCNc1cc(C(F)(F)F)ccc1[N@@+]1(c2ccncn2)CCOc2ccccc21. The number of alkyl halides is 3. The van der Waals surface area contributed by atoms with Crippen LogP contribution in [0.3, 0.4) is 0 Å². The molecule has 1 aliphatic heterocycles. The van der Waals surface area contributed by atoms with Crippen molar-refractivity contribution in [3.8, 4) is 5.75 Å². The van der Waals surface area contributed by atoms with Gasteiger partial charge in [0.25, 0.3) is 0 Å². The fourth-order valence-corrected chi connectivity index (χ4v) is 3.90. The van der Waals surface area contributed by atoms with Crippen molar-refractivity contribution in [1.82, 2.24) is 14.5 Å². The minimum absolute atomic E-state index is 0.103. The van der Waals surface area contributed by atoms with Gasteiger partial charge in [0, 0.05) is 38.1 Å². The average molecular weight is 431 g/mol. The Kier molecular flexibility index (Phi) is 5.79. The fourth-order valence-electron chi connectivity index (χ4n) is 3.90. The first-order valence-corrected chi connectivity index (χ1v) is 9.78. The zero-order chi connectivity index (χ0) is 21.9. The molecule has 0 spiro atoms. The van der Waals surface area contributed by atoms with Gasteiger partial charge in [-0.1, -0.05) is 12.1 Å². The molecule has 2 heterocycles. The Labute approximate surface area is 177 Å². The second-order valence-electron chi connectivity index (χ2n) is 7.07. The number of aromatic nitrogens is 2. The lowest BCUT2D eigenvalue weighted by atomic mass is 10.1. The smallest absolute Gasteiger partial charge is 0.416 e. The predicted molar refractivity (Wildman–Crippen MR) is 112 cm³/mol. The maximum atomic E-state index is 13.5. The number of anilines is 1. The Balaban J connectivity index is 1.97. The van der Waals surface area contributed by atoms with Gasteiger partial charge in [-0.25, -0.2) is 9.47 Å². The molecular formula is C22H22F3N4O2+. The molecule has 0 aliphatic carbocycles. The van der Waals surface area contributed by atoms with Crippen LogP contribution in [-0.2, 0) is 10.9 Å². The average Bonchev–Trinajstić information content (AvgIpc) is 2.79. The lowest BCUT2D eigenvalue weighted by Crippen LogP contribution is -2.46. The van der Waals surface area contributed by atoms with Gasteiger partial charge in [0.2, 0.25) is 5.82 Å². The Hall–Kier alpha value is -3.17. The van der Waals surface area contributed by atoms with Gasteiger partial charge < -0.3 is 14.8 Å². The van der Waals surface area contributed by atoms with E-state index < -0.39 is 11.7 Å². The van der Waals surface area contributed by atoms with E-state index in [-0.39, 0.29) is 4.48 Å². The van der Waals surface area contributed by atoms with Crippen molar-refractivity contribution in [2.24, 2.45) is 0 Å². The molecule has 0 radical (unpaired) electrons. The van der Waals surface area contributed by atoms with Crippen LogP contribution >= 0.6 is 0 Å². The minimum atomic E-state index is -4.46. The van der Waals surface area contributed by atoms with Gasteiger partial charge >= 0.3 is 6.18 Å². The molecule has 0 unspecified atom stereocenters. The number of methoxy groups -OCH3 is 1. The number of fused-ring (bicyclic) bond motifs is 1. The maximum absolute atomic E-state index is 13.5. The molecule has 3 aromatic rings. The number of benzene rings is 2. The number of nitrogens with zero attached hydrogens (tertiary/aromatic N) is 3. The Morgan fingerprint density at radius 2 is 1.97 bits per heavy atom. The van der Waals surface area contributed by atoms with Crippen LogP contribution in [0.25, 0.3) is 0 Å². The van der Waals surface area contributed by atoms with Gasteiger partial charge in [-0.15, -0.1) is 0 Å². The molecule has 0 fully saturated rings. The van der Waals surface area contributed by atoms with Gasteiger partial charge in [0.1, 0.15) is 19.5 Å². The quantitative estimate of drug-likeness (QED) is 0.444. The third-order valence-electron chi connectivity index (χ3n) is 5.27. The molecule has 1 aromatic heterocycles. The molecule has 4 rings (SSSR count). The molecule has 1 aliphatic rings. The zero-order valence-electron chi connectivity index (χ0n) is 16.9. The van der Waals surface area contributed by atoms with Crippen LogP contribution in [-0.4, -0.2) is 43.4 Å². The van der Waals surface area contributed by atoms with Gasteiger partial charge in [0.05, 0.1) is 17.9 Å². The number of rotatable bonds is 6. The van der Waals surface area contributed by atoms with E-state index in [9.17, 15) is 13.2 Å². The van der Waals surface area contributed by atoms with Crippen LogP contribution in [0, 0.1) is 0 Å². The summed E-state index contributed by atoms with van der Waals surface area (Å²) in [6.45, 7) is 1.54. The van der Waals surface area contributed by atoms with Crippen molar-refractivity contribution < 1.29 is 22.6 Å². The number of quaternary nitrogens is 1. The molecule has 0 saturated heterocycles. The standard InChI is InChI=1S/C22H22F3N4O2/c1-30-12-10-27-17-14-16(22(23,24)25)6-7-18(17)29(21-8-9-26-15-28-21)11-13-31-20-5-3-2-4-19(20)29/h2-9,14-15,27H,10-13H2,1H3/q+1/t29-/m0/s1. The highest BCUT2D eigenvalue weighted by Gasteiger charge is 2.45. The molecule has 162 valence electrons. The number of halogens is 3. The zero-order valence-corrected chi connectivity index (χ0v) is 16.9. The van der Waals surface area contributed by atoms with Crippen LogP contribution in [0.1, 0.15) is 5.56 Å². The van der Waals surface area contributed by atoms with Crippen LogP contribution in [0.2, 0.25) is 0 Å². The molecule has 1 N–H and O–H groups in total. The number of ether oxygens (including phenoxy) is 2. The highest BCUT2D eigenvalue weighted by Crippen LogP contribution is 2.52. The van der Waals surface area contributed by atoms with Crippen LogP contribution in [0.15, 0.2) is 61.1 Å².